The Morgan fingerprint density at radius 3 is 2.59 bits per heavy atom. The van der Waals surface area contributed by atoms with Gasteiger partial charge in [-0.2, -0.15) is 0 Å². The minimum Gasteiger partial charge on any atom is -0.497 e. The van der Waals surface area contributed by atoms with Crippen LogP contribution in [0.15, 0.2) is 24.3 Å². The van der Waals surface area contributed by atoms with Crippen molar-refractivity contribution in [3.8, 4) is 5.75 Å². The van der Waals surface area contributed by atoms with Gasteiger partial charge in [0.25, 0.3) is 0 Å². The molecule has 0 aromatic heterocycles. The summed E-state index contributed by atoms with van der Waals surface area (Å²) in [6.07, 6.45) is 0.350. The minimum atomic E-state index is -0.122. The Bertz CT molecular complexity index is 459. The van der Waals surface area contributed by atoms with E-state index in [2.05, 4.69) is 30.1 Å². The lowest BCUT2D eigenvalue weighted by molar-refractivity contribution is -0.121. The topological polar surface area (TPSA) is 67.6 Å². The third-order valence-electron chi connectivity index (χ3n) is 3.73. The maximum atomic E-state index is 11.9. The molecule has 5 nitrogen and oxygen atoms in total. The summed E-state index contributed by atoms with van der Waals surface area (Å²) in [5.74, 6) is 0.826. The molecule has 0 spiro atoms. The van der Waals surface area contributed by atoms with Crippen molar-refractivity contribution in [1.29, 1.82) is 0 Å². The SMILES string of the molecule is CCN(CC)C(CNC(=O)CC(C)N)c1cccc(OC)c1. The molecular formula is C17H29N3O2. The van der Waals surface area contributed by atoms with Crippen molar-refractivity contribution < 1.29 is 9.53 Å². The molecule has 124 valence electrons. The van der Waals surface area contributed by atoms with Crippen molar-refractivity contribution >= 4 is 5.91 Å². The van der Waals surface area contributed by atoms with Crippen LogP contribution in [0.25, 0.3) is 0 Å². The van der Waals surface area contributed by atoms with Gasteiger partial charge in [-0.3, -0.25) is 9.69 Å². The van der Waals surface area contributed by atoms with Gasteiger partial charge < -0.3 is 15.8 Å². The second-order valence-electron chi connectivity index (χ2n) is 5.50. The molecule has 0 bridgehead atoms. The zero-order valence-electron chi connectivity index (χ0n) is 14.1. The smallest absolute Gasteiger partial charge is 0.221 e. The quantitative estimate of drug-likeness (QED) is 0.731. The lowest BCUT2D eigenvalue weighted by Gasteiger charge is -2.30. The fourth-order valence-corrected chi connectivity index (χ4v) is 2.55. The lowest BCUT2D eigenvalue weighted by atomic mass is 10.0. The number of hydrogen-bond donors (Lipinski definition) is 2. The molecule has 0 radical (unpaired) electrons. The van der Waals surface area contributed by atoms with E-state index in [9.17, 15) is 4.79 Å². The van der Waals surface area contributed by atoms with Crippen LogP contribution in [0.3, 0.4) is 0 Å². The van der Waals surface area contributed by atoms with E-state index in [-0.39, 0.29) is 18.0 Å². The van der Waals surface area contributed by atoms with Crippen molar-refractivity contribution in [2.24, 2.45) is 5.73 Å². The van der Waals surface area contributed by atoms with E-state index in [0.29, 0.717) is 13.0 Å². The Hall–Kier alpha value is -1.59. The van der Waals surface area contributed by atoms with Crippen LogP contribution in [0.4, 0.5) is 0 Å². The third-order valence-corrected chi connectivity index (χ3v) is 3.73. The standard InChI is InChI=1S/C17H29N3O2/c1-5-20(6-2)16(12-19-17(21)10-13(3)18)14-8-7-9-15(11-14)22-4/h7-9,11,13,16H,5-6,10,12,18H2,1-4H3,(H,19,21). The van der Waals surface area contributed by atoms with Crippen LogP contribution in [0.5, 0.6) is 5.75 Å². The summed E-state index contributed by atoms with van der Waals surface area (Å²) in [5, 5.41) is 3.00. The van der Waals surface area contributed by atoms with Crippen LogP contribution >= 0.6 is 0 Å². The van der Waals surface area contributed by atoms with E-state index in [0.717, 1.165) is 24.4 Å². The van der Waals surface area contributed by atoms with E-state index in [4.69, 9.17) is 10.5 Å². The third kappa shape index (κ3) is 5.66. The first-order chi connectivity index (χ1) is 10.5. The first-order valence-electron chi connectivity index (χ1n) is 7.92. The van der Waals surface area contributed by atoms with Crippen LogP contribution in [-0.2, 0) is 4.79 Å². The molecule has 3 N–H and O–H groups in total. The van der Waals surface area contributed by atoms with Crippen LogP contribution < -0.4 is 15.8 Å². The monoisotopic (exact) mass is 307 g/mol. The molecule has 5 heteroatoms. The number of rotatable bonds is 9. The second-order valence-corrected chi connectivity index (χ2v) is 5.50. The number of nitrogens with one attached hydrogen (secondary N) is 1. The van der Waals surface area contributed by atoms with Crippen molar-refractivity contribution in [2.75, 3.05) is 26.7 Å². The van der Waals surface area contributed by atoms with Gasteiger partial charge in [-0.05, 0) is 37.7 Å². The fourth-order valence-electron chi connectivity index (χ4n) is 2.55. The molecule has 1 rings (SSSR count). The summed E-state index contributed by atoms with van der Waals surface area (Å²) in [6.45, 7) is 8.49. The highest BCUT2D eigenvalue weighted by molar-refractivity contribution is 5.76. The van der Waals surface area contributed by atoms with Gasteiger partial charge in [0.05, 0.1) is 13.2 Å². The zero-order valence-corrected chi connectivity index (χ0v) is 14.1. The van der Waals surface area contributed by atoms with Crippen molar-refractivity contribution in [3.05, 3.63) is 29.8 Å². The van der Waals surface area contributed by atoms with Gasteiger partial charge in [0.1, 0.15) is 5.75 Å². The summed E-state index contributed by atoms with van der Waals surface area (Å²) in [7, 11) is 1.66. The summed E-state index contributed by atoms with van der Waals surface area (Å²) >= 11 is 0. The number of carbonyl (C=O) groups excluding carboxylic acids is 1. The largest absolute Gasteiger partial charge is 0.497 e. The number of methoxy groups -OCH3 is 1. The average molecular weight is 307 g/mol. The average Bonchev–Trinajstić information content (AvgIpc) is 2.50. The van der Waals surface area contributed by atoms with Gasteiger partial charge in [-0.25, -0.2) is 0 Å². The van der Waals surface area contributed by atoms with Crippen LogP contribution in [-0.4, -0.2) is 43.6 Å². The minimum absolute atomic E-state index is 0.00458. The summed E-state index contributed by atoms with van der Waals surface area (Å²) < 4.78 is 5.31. The maximum Gasteiger partial charge on any atom is 0.221 e. The highest BCUT2D eigenvalue weighted by atomic mass is 16.5. The number of benzene rings is 1. The molecule has 0 heterocycles. The number of nitrogens with zero attached hydrogens (tertiary/aromatic N) is 1. The number of ether oxygens (including phenoxy) is 1. The summed E-state index contributed by atoms with van der Waals surface area (Å²) in [5.41, 5.74) is 6.82. The highest BCUT2D eigenvalue weighted by Crippen LogP contribution is 2.23. The first kappa shape index (κ1) is 18.5. The molecule has 0 saturated heterocycles. The number of amides is 1. The molecule has 22 heavy (non-hydrogen) atoms. The Kier molecular flexibility index (Phi) is 7.91. The predicted molar refractivity (Wildman–Crippen MR) is 89.9 cm³/mol. The van der Waals surface area contributed by atoms with Gasteiger partial charge in [0.2, 0.25) is 5.91 Å². The highest BCUT2D eigenvalue weighted by Gasteiger charge is 2.19. The molecule has 1 amide bonds. The predicted octanol–water partition coefficient (Wildman–Crippen LogP) is 1.93. The van der Waals surface area contributed by atoms with Crippen molar-refractivity contribution in [1.82, 2.24) is 10.2 Å². The second kappa shape index (κ2) is 9.43. The van der Waals surface area contributed by atoms with Gasteiger partial charge in [-0.1, -0.05) is 26.0 Å². The van der Waals surface area contributed by atoms with E-state index in [1.165, 1.54) is 0 Å². The lowest BCUT2D eigenvalue weighted by Crippen LogP contribution is -2.39. The Balaban J connectivity index is 2.86. The Labute approximate surface area is 133 Å². The molecule has 0 saturated carbocycles. The van der Waals surface area contributed by atoms with Gasteiger partial charge in [-0.15, -0.1) is 0 Å². The van der Waals surface area contributed by atoms with Gasteiger partial charge >= 0.3 is 0 Å². The molecule has 2 unspecified atom stereocenters. The zero-order chi connectivity index (χ0) is 16.5. The van der Waals surface area contributed by atoms with E-state index in [1.54, 1.807) is 7.11 Å². The molecule has 1 aromatic carbocycles. The van der Waals surface area contributed by atoms with Crippen molar-refractivity contribution in [2.45, 2.75) is 39.3 Å². The van der Waals surface area contributed by atoms with Gasteiger partial charge in [0, 0.05) is 19.0 Å². The van der Waals surface area contributed by atoms with Crippen LogP contribution in [0, 0.1) is 0 Å². The fraction of sp³-hybridized carbons (Fsp3) is 0.588. The number of likely N-dealkylation sites (N-methyl/N-ethyl adjacent to an activating group) is 1. The Morgan fingerprint density at radius 1 is 1.36 bits per heavy atom. The number of carbonyl (C=O) groups is 1. The van der Waals surface area contributed by atoms with E-state index >= 15 is 0 Å². The van der Waals surface area contributed by atoms with E-state index < -0.39 is 0 Å². The molecule has 0 aliphatic rings. The molecule has 0 fully saturated rings. The number of hydrogen-bond acceptors (Lipinski definition) is 4. The molecule has 1 aromatic rings. The Morgan fingerprint density at radius 2 is 2.05 bits per heavy atom. The molecular weight excluding hydrogens is 278 g/mol. The van der Waals surface area contributed by atoms with Crippen molar-refractivity contribution in [3.63, 3.8) is 0 Å². The summed E-state index contributed by atoms with van der Waals surface area (Å²) in [4.78, 5) is 14.2. The number of nitrogens with two attached hydrogens (primary N) is 1. The van der Waals surface area contributed by atoms with Crippen LogP contribution in [0.1, 0.15) is 38.8 Å². The van der Waals surface area contributed by atoms with E-state index in [1.807, 2.05) is 25.1 Å². The molecule has 0 aliphatic heterocycles. The first-order valence-corrected chi connectivity index (χ1v) is 7.92. The van der Waals surface area contributed by atoms with Gasteiger partial charge in [0.15, 0.2) is 0 Å². The summed E-state index contributed by atoms with van der Waals surface area (Å²) in [6, 6.07) is 8.02. The van der Waals surface area contributed by atoms with Crippen LogP contribution in [0.2, 0.25) is 0 Å². The molecule has 2 atom stereocenters. The molecule has 0 aliphatic carbocycles. The normalized spacial score (nSPS) is 13.7. The maximum absolute atomic E-state index is 11.9.